The fourth-order valence-electron chi connectivity index (χ4n) is 2.18. The second-order valence-corrected chi connectivity index (χ2v) is 5.21. The molecule has 0 heterocycles. The lowest BCUT2D eigenvalue weighted by Crippen LogP contribution is -2.32. The van der Waals surface area contributed by atoms with E-state index in [1.54, 1.807) is 31.4 Å². The first-order valence-electron chi connectivity index (χ1n) is 7.73. The third kappa shape index (κ3) is 4.75. The molecule has 0 aliphatic rings. The Morgan fingerprint density at radius 2 is 1.92 bits per heavy atom. The van der Waals surface area contributed by atoms with Crippen LogP contribution in [0.25, 0.3) is 0 Å². The summed E-state index contributed by atoms with van der Waals surface area (Å²) in [5, 5.41) is 11.5. The zero-order valence-corrected chi connectivity index (χ0v) is 13.8. The van der Waals surface area contributed by atoms with E-state index < -0.39 is 6.10 Å². The van der Waals surface area contributed by atoms with Gasteiger partial charge in [0.1, 0.15) is 11.5 Å². The van der Waals surface area contributed by atoms with Gasteiger partial charge in [-0.2, -0.15) is 5.26 Å². The Kier molecular flexibility index (Phi) is 6.21. The average molecular weight is 324 g/mol. The van der Waals surface area contributed by atoms with E-state index in [-0.39, 0.29) is 5.91 Å². The molecular weight excluding hydrogens is 304 g/mol. The van der Waals surface area contributed by atoms with Crippen molar-refractivity contribution >= 4 is 11.6 Å². The zero-order chi connectivity index (χ0) is 17.4. The number of nitrogens with zero attached hydrogens (tertiary/aromatic N) is 1. The molecule has 0 aromatic heterocycles. The average Bonchev–Trinajstić information content (AvgIpc) is 2.61. The fourth-order valence-corrected chi connectivity index (χ4v) is 2.18. The molecule has 1 unspecified atom stereocenters. The van der Waals surface area contributed by atoms with Crippen LogP contribution in [0.2, 0.25) is 0 Å². The Hall–Kier alpha value is -3.00. The molecule has 2 rings (SSSR count). The summed E-state index contributed by atoms with van der Waals surface area (Å²) >= 11 is 0. The van der Waals surface area contributed by atoms with Gasteiger partial charge in [0.25, 0.3) is 5.91 Å². The highest BCUT2D eigenvalue weighted by molar-refractivity contribution is 5.94. The van der Waals surface area contributed by atoms with Crippen LogP contribution in [0.3, 0.4) is 0 Å². The standard InChI is InChI=1S/C19H20N2O3/c1-3-18(24-17-6-4-5-16(13-17)23-2)19(22)21-15-9-7-14(8-10-15)11-12-20/h4-10,13,18H,3,11H2,1-2H3,(H,21,22). The Morgan fingerprint density at radius 1 is 1.21 bits per heavy atom. The van der Waals surface area contributed by atoms with Crippen LogP contribution in [-0.4, -0.2) is 19.1 Å². The van der Waals surface area contributed by atoms with Gasteiger partial charge in [-0.05, 0) is 36.2 Å². The van der Waals surface area contributed by atoms with Crippen molar-refractivity contribution in [2.45, 2.75) is 25.9 Å². The predicted octanol–water partition coefficient (Wildman–Crippen LogP) is 3.56. The molecule has 124 valence electrons. The highest BCUT2D eigenvalue weighted by Gasteiger charge is 2.18. The first-order valence-corrected chi connectivity index (χ1v) is 7.73. The largest absolute Gasteiger partial charge is 0.497 e. The van der Waals surface area contributed by atoms with Crippen molar-refractivity contribution in [3.05, 3.63) is 54.1 Å². The normalized spacial score (nSPS) is 11.2. The van der Waals surface area contributed by atoms with Gasteiger partial charge in [0, 0.05) is 11.8 Å². The predicted molar refractivity (Wildman–Crippen MR) is 92.1 cm³/mol. The Balaban J connectivity index is 2.01. The zero-order valence-electron chi connectivity index (χ0n) is 13.8. The van der Waals surface area contributed by atoms with Crippen molar-refractivity contribution < 1.29 is 14.3 Å². The summed E-state index contributed by atoms with van der Waals surface area (Å²) in [5.41, 5.74) is 1.59. The van der Waals surface area contributed by atoms with Gasteiger partial charge in [-0.1, -0.05) is 25.1 Å². The molecule has 1 N–H and O–H groups in total. The van der Waals surface area contributed by atoms with Gasteiger partial charge in [-0.3, -0.25) is 4.79 Å². The molecular formula is C19H20N2O3. The van der Waals surface area contributed by atoms with Crippen molar-refractivity contribution in [2.75, 3.05) is 12.4 Å². The summed E-state index contributed by atoms with van der Waals surface area (Å²) in [7, 11) is 1.58. The van der Waals surface area contributed by atoms with Crippen LogP contribution in [0.1, 0.15) is 18.9 Å². The topological polar surface area (TPSA) is 71.3 Å². The Bertz CT molecular complexity index is 720. The minimum atomic E-state index is -0.601. The molecule has 2 aromatic carbocycles. The summed E-state index contributed by atoms with van der Waals surface area (Å²) in [6.07, 6.45) is 0.288. The Morgan fingerprint density at radius 3 is 2.54 bits per heavy atom. The van der Waals surface area contributed by atoms with E-state index >= 15 is 0 Å². The number of methoxy groups -OCH3 is 1. The van der Waals surface area contributed by atoms with Gasteiger partial charge in [-0.15, -0.1) is 0 Å². The van der Waals surface area contributed by atoms with Crippen LogP contribution in [0.5, 0.6) is 11.5 Å². The molecule has 2 aromatic rings. The molecule has 24 heavy (non-hydrogen) atoms. The summed E-state index contributed by atoms with van der Waals surface area (Å²) in [4.78, 5) is 12.4. The first kappa shape index (κ1) is 17.4. The van der Waals surface area contributed by atoms with E-state index in [9.17, 15) is 4.79 Å². The molecule has 0 aliphatic carbocycles. The van der Waals surface area contributed by atoms with E-state index in [0.717, 1.165) is 5.56 Å². The lowest BCUT2D eigenvalue weighted by molar-refractivity contribution is -0.122. The smallest absolute Gasteiger partial charge is 0.265 e. The van der Waals surface area contributed by atoms with Gasteiger partial charge in [0.15, 0.2) is 6.10 Å². The number of amides is 1. The molecule has 0 aliphatic heterocycles. The van der Waals surface area contributed by atoms with E-state index in [1.165, 1.54) is 0 Å². The maximum absolute atomic E-state index is 12.4. The molecule has 0 fully saturated rings. The van der Waals surface area contributed by atoms with E-state index in [0.29, 0.717) is 30.0 Å². The summed E-state index contributed by atoms with van der Waals surface area (Å²) in [5.74, 6) is 1.05. The quantitative estimate of drug-likeness (QED) is 0.845. The fraction of sp³-hybridized carbons (Fsp3) is 0.263. The number of rotatable bonds is 7. The number of hydrogen-bond acceptors (Lipinski definition) is 4. The minimum Gasteiger partial charge on any atom is -0.497 e. The first-order chi connectivity index (χ1) is 11.7. The second kappa shape index (κ2) is 8.59. The van der Waals surface area contributed by atoms with Gasteiger partial charge < -0.3 is 14.8 Å². The van der Waals surface area contributed by atoms with Crippen molar-refractivity contribution in [2.24, 2.45) is 0 Å². The SMILES string of the molecule is CCC(Oc1cccc(OC)c1)C(=O)Nc1ccc(CC#N)cc1. The second-order valence-electron chi connectivity index (χ2n) is 5.21. The molecule has 0 bridgehead atoms. The van der Waals surface area contributed by atoms with Crippen LogP contribution in [0, 0.1) is 11.3 Å². The van der Waals surface area contributed by atoms with Gasteiger partial charge in [0.2, 0.25) is 0 Å². The van der Waals surface area contributed by atoms with Gasteiger partial charge in [0.05, 0.1) is 19.6 Å². The molecule has 5 nitrogen and oxygen atoms in total. The van der Waals surface area contributed by atoms with E-state index in [4.69, 9.17) is 14.7 Å². The number of nitrogens with one attached hydrogen (secondary N) is 1. The van der Waals surface area contributed by atoms with Crippen LogP contribution in [0.4, 0.5) is 5.69 Å². The summed E-state index contributed by atoms with van der Waals surface area (Å²) < 4.78 is 10.9. The van der Waals surface area contributed by atoms with Crippen LogP contribution in [0.15, 0.2) is 48.5 Å². The monoisotopic (exact) mass is 324 g/mol. The van der Waals surface area contributed by atoms with Crippen molar-refractivity contribution in [1.29, 1.82) is 5.26 Å². The molecule has 5 heteroatoms. The third-order valence-corrected chi connectivity index (χ3v) is 3.49. The van der Waals surface area contributed by atoms with E-state index in [2.05, 4.69) is 11.4 Å². The molecule has 0 saturated heterocycles. The van der Waals surface area contributed by atoms with Gasteiger partial charge in [-0.25, -0.2) is 0 Å². The maximum atomic E-state index is 12.4. The number of carbonyl (C=O) groups is 1. The minimum absolute atomic E-state index is 0.214. The molecule has 0 spiro atoms. The third-order valence-electron chi connectivity index (χ3n) is 3.49. The van der Waals surface area contributed by atoms with Crippen LogP contribution in [-0.2, 0) is 11.2 Å². The number of benzene rings is 2. The summed E-state index contributed by atoms with van der Waals surface area (Å²) in [6.45, 7) is 1.89. The Labute approximate surface area is 141 Å². The highest BCUT2D eigenvalue weighted by Crippen LogP contribution is 2.21. The van der Waals surface area contributed by atoms with Crippen LogP contribution >= 0.6 is 0 Å². The van der Waals surface area contributed by atoms with Gasteiger partial charge >= 0.3 is 0 Å². The van der Waals surface area contributed by atoms with E-state index in [1.807, 2.05) is 31.2 Å². The number of carbonyl (C=O) groups excluding carboxylic acids is 1. The van der Waals surface area contributed by atoms with Crippen molar-refractivity contribution in [3.8, 4) is 17.6 Å². The number of ether oxygens (including phenoxy) is 2. The number of anilines is 1. The summed E-state index contributed by atoms with van der Waals surface area (Å²) in [6, 6.07) is 16.5. The maximum Gasteiger partial charge on any atom is 0.265 e. The molecule has 0 radical (unpaired) electrons. The highest BCUT2D eigenvalue weighted by atomic mass is 16.5. The molecule has 0 saturated carbocycles. The van der Waals surface area contributed by atoms with Crippen molar-refractivity contribution in [3.63, 3.8) is 0 Å². The lowest BCUT2D eigenvalue weighted by atomic mass is 10.1. The van der Waals surface area contributed by atoms with Crippen molar-refractivity contribution in [1.82, 2.24) is 0 Å². The molecule has 1 amide bonds. The molecule has 1 atom stereocenters. The van der Waals surface area contributed by atoms with Crippen LogP contribution < -0.4 is 14.8 Å². The number of nitriles is 1. The lowest BCUT2D eigenvalue weighted by Gasteiger charge is -2.17. The number of hydrogen-bond donors (Lipinski definition) is 1.